The van der Waals surface area contributed by atoms with Crippen LogP contribution in [0.25, 0.3) is 10.8 Å². The number of hydrogen-bond acceptors (Lipinski definition) is 4. The molecule has 0 spiro atoms. The lowest BCUT2D eigenvalue weighted by Crippen LogP contribution is -2.47. The quantitative estimate of drug-likeness (QED) is 0.339. The van der Waals surface area contributed by atoms with Crippen LogP contribution in [0.15, 0.2) is 79.1 Å². The zero-order valence-electron chi connectivity index (χ0n) is 20.7. The molecule has 184 valence electrons. The van der Waals surface area contributed by atoms with Crippen LogP contribution in [-0.2, 0) is 13.0 Å². The summed E-state index contributed by atoms with van der Waals surface area (Å²) >= 11 is 0. The predicted molar refractivity (Wildman–Crippen MR) is 138 cm³/mol. The molecule has 0 saturated carbocycles. The van der Waals surface area contributed by atoms with E-state index in [4.69, 9.17) is 9.47 Å². The maximum atomic E-state index is 14.0. The van der Waals surface area contributed by atoms with Gasteiger partial charge in [0.1, 0.15) is 29.5 Å². The maximum Gasteiger partial charge on any atom is 0.255 e. The molecule has 1 aliphatic heterocycles. The number of fused-ring (bicyclic) bond motifs is 2. The summed E-state index contributed by atoms with van der Waals surface area (Å²) in [6, 6.07) is 19.5. The van der Waals surface area contributed by atoms with Crippen LogP contribution in [0, 0.1) is 5.82 Å². The number of amides is 1. The van der Waals surface area contributed by atoms with Crippen molar-refractivity contribution in [1.29, 1.82) is 0 Å². The average Bonchev–Trinajstić information content (AvgIpc) is 2.86. The standard InChI is InChI=1S/C30H29FN2O3/c1-30(2,3)36-26-11-9-25(10-12-26)35-19-24-16-22-15-23(31)8-7-21(22)18-33(24)29(34)28-6-4-5-20-17-32-14-13-27(20)28/h4-15,17,24H,16,18-19H2,1-3H3/t24-/m0/s1. The van der Waals surface area contributed by atoms with E-state index in [1.807, 2.05) is 74.2 Å². The van der Waals surface area contributed by atoms with Crippen LogP contribution in [-0.4, -0.2) is 34.0 Å². The Hall–Kier alpha value is -3.93. The SMILES string of the molecule is CC(C)(C)Oc1ccc(OC[C@@H]2Cc3cc(F)ccc3CN2C(=O)c2cccc3cnccc23)cc1. The van der Waals surface area contributed by atoms with E-state index in [1.54, 1.807) is 24.5 Å². The lowest BCUT2D eigenvalue weighted by atomic mass is 9.93. The summed E-state index contributed by atoms with van der Waals surface area (Å²) in [6.07, 6.45) is 3.96. The molecule has 1 atom stereocenters. The van der Waals surface area contributed by atoms with Gasteiger partial charge in [-0.25, -0.2) is 4.39 Å². The topological polar surface area (TPSA) is 51.7 Å². The van der Waals surface area contributed by atoms with Crippen molar-refractivity contribution in [3.8, 4) is 11.5 Å². The van der Waals surface area contributed by atoms with Gasteiger partial charge < -0.3 is 14.4 Å². The van der Waals surface area contributed by atoms with E-state index in [9.17, 15) is 9.18 Å². The van der Waals surface area contributed by atoms with Crippen LogP contribution in [0.1, 0.15) is 42.3 Å². The molecule has 0 aliphatic carbocycles. The molecule has 36 heavy (non-hydrogen) atoms. The minimum absolute atomic E-state index is 0.0794. The van der Waals surface area contributed by atoms with E-state index >= 15 is 0 Å². The molecule has 0 N–H and O–H groups in total. The molecule has 0 saturated heterocycles. The van der Waals surface area contributed by atoms with Crippen molar-refractivity contribution in [2.45, 2.75) is 45.4 Å². The fraction of sp³-hybridized carbons (Fsp3) is 0.267. The van der Waals surface area contributed by atoms with Crippen molar-refractivity contribution < 1.29 is 18.7 Å². The molecule has 1 amide bonds. The van der Waals surface area contributed by atoms with Crippen molar-refractivity contribution in [3.63, 3.8) is 0 Å². The molecule has 0 fully saturated rings. The summed E-state index contributed by atoms with van der Waals surface area (Å²) < 4.78 is 26.0. The summed E-state index contributed by atoms with van der Waals surface area (Å²) in [4.78, 5) is 19.9. The number of hydrogen-bond donors (Lipinski definition) is 0. The van der Waals surface area contributed by atoms with Crippen molar-refractivity contribution in [3.05, 3.63) is 102 Å². The molecule has 0 unspecified atom stereocenters. The van der Waals surface area contributed by atoms with Crippen molar-refractivity contribution in [2.24, 2.45) is 0 Å². The zero-order valence-corrected chi connectivity index (χ0v) is 20.7. The Balaban J connectivity index is 1.41. The summed E-state index contributed by atoms with van der Waals surface area (Å²) in [5.41, 5.74) is 2.19. The number of carbonyl (C=O) groups excluding carboxylic acids is 1. The van der Waals surface area contributed by atoms with Crippen molar-refractivity contribution in [2.75, 3.05) is 6.61 Å². The van der Waals surface area contributed by atoms with Gasteiger partial charge in [-0.2, -0.15) is 0 Å². The second-order valence-corrected chi connectivity index (χ2v) is 10.1. The monoisotopic (exact) mass is 484 g/mol. The summed E-state index contributed by atoms with van der Waals surface area (Å²) in [7, 11) is 0. The molecule has 1 aromatic heterocycles. The van der Waals surface area contributed by atoms with Crippen LogP contribution in [0.3, 0.4) is 0 Å². The van der Waals surface area contributed by atoms with Gasteiger partial charge in [0.15, 0.2) is 0 Å². The third-order valence-corrected chi connectivity index (χ3v) is 6.27. The number of nitrogens with zero attached hydrogens (tertiary/aromatic N) is 2. The highest BCUT2D eigenvalue weighted by atomic mass is 19.1. The number of aromatic nitrogens is 1. The number of carbonyl (C=O) groups is 1. The van der Waals surface area contributed by atoms with Crippen LogP contribution >= 0.6 is 0 Å². The van der Waals surface area contributed by atoms with Crippen LogP contribution < -0.4 is 9.47 Å². The Morgan fingerprint density at radius 2 is 1.81 bits per heavy atom. The Morgan fingerprint density at radius 1 is 1.03 bits per heavy atom. The summed E-state index contributed by atoms with van der Waals surface area (Å²) in [5, 5.41) is 1.77. The lowest BCUT2D eigenvalue weighted by molar-refractivity contribution is 0.0568. The first-order valence-electron chi connectivity index (χ1n) is 12.1. The van der Waals surface area contributed by atoms with Crippen molar-refractivity contribution in [1.82, 2.24) is 9.88 Å². The number of pyridine rings is 1. The number of halogens is 1. The minimum Gasteiger partial charge on any atom is -0.491 e. The molecule has 1 aliphatic rings. The number of benzene rings is 3. The van der Waals surface area contributed by atoms with Crippen molar-refractivity contribution >= 4 is 16.7 Å². The van der Waals surface area contributed by atoms with E-state index in [1.165, 1.54) is 6.07 Å². The highest BCUT2D eigenvalue weighted by molar-refractivity contribution is 6.07. The molecule has 5 rings (SSSR count). The highest BCUT2D eigenvalue weighted by Gasteiger charge is 2.32. The molecule has 3 aromatic carbocycles. The first kappa shape index (κ1) is 23.8. The lowest BCUT2D eigenvalue weighted by Gasteiger charge is -2.37. The minimum atomic E-state index is -0.286. The Kier molecular flexibility index (Phi) is 6.35. The second kappa shape index (κ2) is 9.61. The number of ether oxygens (including phenoxy) is 2. The van der Waals surface area contributed by atoms with Gasteiger partial charge in [0, 0.05) is 29.9 Å². The molecule has 5 nitrogen and oxygen atoms in total. The van der Waals surface area contributed by atoms with Gasteiger partial charge >= 0.3 is 0 Å². The van der Waals surface area contributed by atoms with Crippen LogP contribution in [0.5, 0.6) is 11.5 Å². The van der Waals surface area contributed by atoms with Gasteiger partial charge in [0.2, 0.25) is 0 Å². The summed E-state index contributed by atoms with van der Waals surface area (Å²) in [5.74, 6) is 1.09. The Morgan fingerprint density at radius 3 is 2.58 bits per heavy atom. The van der Waals surface area contributed by atoms with Gasteiger partial charge in [-0.3, -0.25) is 9.78 Å². The van der Waals surface area contributed by atoms with E-state index in [0.29, 0.717) is 24.3 Å². The van der Waals surface area contributed by atoms with Gasteiger partial charge in [-0.1, -0.05) is 18.2 Å². The molecule has 2 heterocycles. The maximum absolute atomic E-state index is 14.0. The van der Waals surface area contributed by atoms with Gasteiger partial charge in [0.25, 0.3) is 5.91 Å². The zero-order chi connectivity index (χ0) is 25.3. The Labute approximate surface area is 210 Å². The van der Waals surface area contributed by atoms with Gasteiger partial charge in [-0.05, 0) is 92.2 Å². The fourth-order valence-corrected chi connectivity index (χ4v) is 4.62. The molecular formula is C30H29FN2O3. The molecule has 0 bridgehead atoms. The molecule has 4 aromatic rings. The van der Waals surface area contributed by atoms with E-state index in [2.05, 4.69) is 4.98 Å². The smallest absolute Gasteiger partial charge is 0.255 e. The largest absolute Gasteiger partial charge is 0.491 e. The highest BCUT2D eigenvalue weighted by Crippen LogP contribution is 2.29. The molecular weight excluding hydrogens is 455 g/mol. The second-order valence-electron chi connectivity index (χ2n) is 10.1. The molecule has 6 heteroatoms. The number of rotatable bonds is 5. The van der Waals surface area contributed by atoms with E-state index < -0.39 is 0 Å². The average molecular weight is 485 g/mol. The van der Waals surface area contributed by atoms with E-state index in [-0.39, 0.29) is 30.0 Å². The van der Waals surface area contributed by atoms with Gasteiger partial charge in [-0.15, -0.1) is 0 Å². The molecule has 0 radical (unpaired) electrons. The third-order valence-electron chi connectivity index (χ3n) is 6.27. The normalized spacial score (nSPS) is 15.4. The fourth-order valence-electron chi connectivity index (χ4n) is 4.62. The first-order chi connectivity index (χ1) is 17.3. The van der Waals surface area contributed by atoms with Crippen LogP contribution in [0.4, 0.5) is 4.39 Å². The van der Waals surface area contributed by atoms with E-state index in [0.717, 1.165) is 27.6 Å². The first-order valence-corrected chi connectivity index (χ1v) is 12.1. The Bertz CT molecular complexity index is 1390. The van der Waals surface area contributed by atoms with Crippen LogP contribution in [0.2, 0.25) is 0 Å². The van der Waals surface area contributed by atoms with Gasteiger partial charge in [0.05, 0.1) is 6.04 Å². The predicted octanol–water partition coefficient (Wildman–Crippen LogP) is 6.20. The summed E-state index contributed by atoms with van der Waals surface area (Å²) in [6.45, 7) is 6.67. The third kappa shape index (κ3) is 5.18.